The summed E-state index contributed by atoms with van der Waals surface area (Å²) in [6, 6.07) is 16.8. The van der Waals surface area contributed by atoms with Crippen LogP contribution >= 0.6 is 43.5 Å². The Morgan fingerprint density at radius 2 is 1.87 bits per heavy atom. The zero-order chi connectivity index (χ0) is 26.6. The van der Waals surface area contributed by atoms with Crippen molar-refractivity contribution < 1.29 is 9.47 Å². The van der Waals surface area contributed by atoms with Crippen molar-refractivity contribution in [2.75, 3.05) is 7.11 Å². The molecule has 0 saturated heterocycles. The smallest absolute Gasteiger partial charge is 0.282 e. The first-order chi connectivity index (χ1) is 18.4. The van der Waals surface area contributed by atoms with Crippen LogP contribution in [0.1, 0.15) is 55.0 Å². The molecule has 0 aliphatic heterocycles. The molecule has 1 aliphatic rings. The average Bonchev–Trinajstić information content (AvgIpc) is 2.93. The standard InChI is InChI=1S/C29H26Br2ClN3O3/c1-37-26-13-20(23(31)15-27(26)38-17-19-9-5-6-10-24(19)32)16-33-35-28(18-7-3-2-4-8-18)34-25-12-11-21(30)14-22(25)29(35)36/h5-6,9-16,18H,2-4,7-8,17H2,1H3. The molecule has 3 aromatic carbocycles. The van der Waals surface area contributed by atoms with Gasteiger partial charge in [-0.3, -0.25) is 4.79 Å². The fourth-order valence-corrected chi connectivity index (χ4v) is 5.69. The number of rotatable bonds is 7. The molecule has 0 atom stereocenters. The van der Waals surface area contributed by atoms with Gasteiger partial charge < -0.3 is 9.47 Å². The number of benzene rings is 3. The van der Waals surface area contributed by atoms with Crippen LogP contribution in [0.2, 0.25) is 5.02 Å². The van der Waals surface area contributed by atoms with Crippen molar-refractivity contribution in [2.24, 2.45) is 5.10 Å². The van der Waals surface area contributed by atoms with E-state index in [0.29, 0.717) is 39.9 Å². The second kappa shape index (κ2) is 12.0. The van der Waals surface area contributed by atoms with E-state index < -0.39 is 0 Å². The molecule has 0 spiro atoms. The Labute approximate surface area is 242 Å². The lowest BCUT2D eigenvalue weighted by molar-refractivity contribution is 0.284. The summed E-state index contributed by atoms with van der Waals surface area (Å²) in [5.41, 5.74) is 2.12. The maximum Gasteiger partial charge on any atom is 0.282 e. The molecule has 0 bridgehead atoms. The van der Waals surface area contributed by atoms with Crippen LogP contribution in [0, 0.1) is 0 Å². The third-order valence-corrected chi connectivity index (χ3v) is 8.29. The van der Waals surface area contributed by atoms with E-state index >= 15 is 0 Å². The Morgan fingerprint density at radius 1 is 1.08 bits per heavy atom. The maximum absolute atomic E-state index is 13.6. The summed E-state index contributed by atoms with van der Waals surface area (Å²) in [7, 11) is 1.59. The molecule has 196 valence electrons. The monoisotopic (exact) mass is 657 g/mol. The van der Waals surface area contributed by atoms with Crippen molar-refractivity contribution in [2.45, 2.75) is 44.6 Å². The van der Waals surface area contributed by atoms with Crippen molar-refractivity contribution in [3.63, 3.8) is 0 Å². The lowest BCUT2D eigenvalue weighted by Gasteiger charge is -2.22. The SMILES string of the molecule is COc1cc(C=Nn2c(C3CCCCC3)nc3ccc(Br)cc3c2=O)c(Br)cc1OCc1ccccc1Cl. The van der Waals surface area contributed by atoms with Gasteiger partial charge in [-0.15, -0.1) is 0 Å². The predicted molar refractivity (Wildman–Crippen MR) is 159 cm³/mol. The Balaban J connectivity index is 1.51. The maximum atomic E-state index is 13.6. The van der Waals surface area contributed by atoms with E-state index in [0.717, 1.165) is 45.8 Å². The van der Waals surface area contributed by atoms with Gasteiger partial charge in [0, 0.05) is 31.0 Å². The second-order valence-electron chi connectivity index (χ2n) is 9.23. The van der Waals surface area contributed by atoms with Crippen LogP contribution in [-0.2, 0) is 6.61 Å². The van der Waals surface area contributed by atoms with E-state index in [1.807, 2.05) is 48.5 Å². The van der Waals surface area contributed by atoms with Crippen molar-refractivity contribution in [1.82, 2.24) is 9.66 Å². The summed E-state index contributed by atoms with van der Waals surface area (Å²) in [5, 5.41) is 5.83. The summed E-state index contributed by atoms with van der Waals surface area (Å²) in [4.78, 5) is 18.5. The molecule has 1 heterocycles. The van der Waals surface area contributed by atoms with Gasteiger partial charge in [-0.25, -0.2) is 4.98 Å². The predicted octanol–water partition coefficient (Wildman–Crippen LogP) is 8.09. The zero-order valence-electron chi connectivity index (χ0n) is 20.8. The third kappa shape index (κ3) is 5.82. The Bertz CT molecular complexity index is 1570. The molecule has 38 heavy (non-hydrogen) atoms. The number of halogens is 3. The molecule has 6 nitrogen and oxygen atoms in total. The molecule has 1 aliphatic carbocycles. The van der Waals surface area contributed by atoms with Gasteiger partial charge in [0.1, 0.15) is 12.4 Å². The summed E-state index contributed by atoms with van der Waals surface area (Å²) >= 11 is 13.4. The molecule has 0 radical (unpaired) electrons. The minimum atomic E-state index is -0.184. The largest absolute Gasteiger partial charge is 0.493 e. The number of methoxy groups -OCH3 is 1. The highest BCUT2D eigenvalue weighted by Gasteiger charge is 2.22. The summed E-state index contributed by atoms with van der Waals surface area (Å²) < 4.78 is 14.7. The van der Waals surface area contributed by atoms with Crippen LogP contribution in [-0.4, -0.2) is 23.0 Å². The van der Waals surface area contributed by atoms with Crippen molar-refractivity contribution >= 4 is 60.6 Å². The van der Waals surface area contributed by atoms with Gasteiger partial charge in [0.2, 0.25) is 0 Å². The van der Waals surface area contributed by atoms with Crippen LogP contribution in [0.4, 0.5) is 0 Å². The van der Waals surface area contributed by atoms with Crippen LogP contribution in [0.5, 0.6) is 11.5 Å². The summed E-state index contributed by atoms with van der Waals surface area (Å²) in [6.45, 7) is 0.300. The van der Waals surface area contributed by atoms with Crippen molar-refractivity contribution in [3.05, 3.63) is 95.9 Å². The van der Waals surface area contributed by atoms with E-state index in [-0.39, 0.29) is 11.5 Å². The Hall–Kier alpha value is -2.68. The molecule has 0 N–H and O–H groups in total. The number of aromatic nitrogens is 2. The molecule has 0 amide bonds. The van der Waals surface area contributed by atoms with Crippen LogP contribution in [0.3, 0.4) is 0 Å². The highest BCUT2D eigenvalue weighted by Crippen LogP contribution is 2.35. The van der Waals surface area contributed by atoms with Gasteiger partial charge in [0.15, 0.2) is 11.5 Å². The summed E-state index contributed by atoms with van der Waals surface area (Å²) in [5.74, 6) is 2.01. The number of hydrogen-bond donors (Lipinski definition) is 0. The second-order valence-corrected chi connectivity index (χ2v) is 11.4. The molecule has 9 heteroatoms. The lowest BCUT2D eigenvalue weighted by atomic mass is 9.88. The highest BCUT2D eigenvalue weighted by atomic mass is 79.9. The van der Waals surface area contributed by atoms with Gasteiger partial charge >= 0.3 is 0 Å². The fraction of sp³-hybridized carbons (Fsp3) is 0.276. The molecule has 1 aromatic heterocycles. The normalized spacial score (nSPS) is 14.3. The van der Waals surface area contributed by atoms with Gasteiger partial charge in [0.25, 0.3) is 5.56 Å². The first-order valence-corrected chi connectivity index (χ1v) is 14.4. The van der Waals surface area contributed by atoms with Crippen LogP contribution in [0.15, 0.2) is 73.4 Å². The molecule has 1 saturated carbocycles. The van der Waals surface area contributed by atoms with E-state index in [2.05, 4.69) is 37.0 Å². The van der Waals surface area contributed by atoms with Crippen LogP contribution < -0.4 is 15.0 Å². The van der Waals surface area contributed by atoms with Crippen molar-refractivity contribution in [1.29, 1.82) is 0 Å². The van der Waals surface area contributed by atoms with Gasteiger partial charge in [-0.1, -0.05) is 65.0 Å². The fourth-order valence-electron chi connectivity index (χ4n) is 4.72. The van der Waals surface area contributed by atoms with Gasteiger partial charge in [-0.05, 0) is 65.2 Å². The Morgan fingerprint density at radius 3 is 2.63 bits per heavy atom. The number of hydrogen-bond acceptors (Lipinski definition) is 5. The molecular formula is C29H26Br2ClN3O3. The Kier molecular flexibility index (Phi) is 8.51. The van der Waals surface area contributed by atoms with Crippen LogP contribution in [0.25, 0.3) is 10.9 Å². The highest BCUT2D eigenvalue weighted by molar-refractivity contribution is 9.10. The quantitative estimate of drug-likeness (QED) is 0.188. The molecule has 1 fully saturated rings. The topological polar surface area (TPSA) is 65.7 Å². The van der Waals surface area contributed by atoms with Gasteiger partial charge in [-0.2, -0.15) is 9.78 Å². The zero-order valence-corrected chi connectivity index (χ0v) is 24.7. The van der Waals surface area contributed by atoms with E-state index in [1.54, 1.807) is 19.4 Å². The van der Waals surface area contributed by atoms with E-state index in [4.69, 9.17) is 26.1 Å². The number of ether oxygens (including phenoxy) is 2. The third-order valence-electron chi connectivity index (χ3n) is 6.74. The minimum absolute atomic E-state index is 0.184. The van der Waals surface area contributed by atoms with E-state index in [1.165, 1.54) is 11.1 Å². The molecular weight excluding hydrogens is 634 g/mol. The first-order valence-electron chi connectivity index (χ1n) is 12.4. The minimum Gasteiger partial charge on any atom is -0.493 e. The lowest BCUT2D eigenvalue weighted by Crippen LogP contribution is -2.25. The van der Waals surface area contributed by atoms with E-state index in [9.17, 15) is 4.79 Å². The van der Waals surface area contributed by atoms with Crippen molar-refractivity contribution in [3.8, 4) is 11.5 Å². The average molecular weight is 660 g/mol. The number of nitrogens with zero attached hydrogens (tertiary/aromatic N) is 3. The molecule has 5 rings (SSSR count). The van der Waals surface area contributed by atoms with Gasteiger partial charge in [0.05, 0.1) is 24.2 Å². The molecule has 0 unspecified atom stereocenters. The molecule has 4 aromatic rings. The first kappa shape index (κ1) is 26.9. The summed E-state index contributed by atoms with van der Waals surface area (Å²) in [6.07, 6.45) is 7.12. The number of fused-ring (bicyclic) bond motifs is 1.